The number of carboxylic acid groups (broad SMARTS) is 2. The summed E-state index contributed by atoms with van der Waals surface area (Å²) in [4.78, 5) is 21.0. The van der Waals surface area contributed by atoms with Crippen LogP contribution >= 0.6 is 0 Å². The summed E-state index contributed by atoms with van der Waals surface area (Å²) in [5.41, 5.74) is 4.71. The average Bonchev–Trinajstić information content (AvgIpc) is 2.20. The zero-order chi connectivity index (χ0) is 12.0. The second-order valence-corrected chi connectivity index (χ2v) is 2.38. The molecule has 1 rings (SSSR count). The molecule has 0 saturated carbocycles. The lowest BCUT2D eigenvalue weighted by Gasteiger charge is -2.03. The van der Waals surface area contributed by atoms with E-state index in [1.54, 1.807) is 0 Å². The molecule has 0 saturated heterocycles. The summed E-state index contributed by atoms with van der Waals surface area (Å²) in [7, 11) is 0. The Bertz CT molecular complexity index is 341. The molecule has 82 valence electrons. The Morgan fingerprint density at radius 1 is 1.07 bits per heavy atom. The number of nitrogen functional groups attached to an aromatic ring is 1. The van der Waals surface area contributed by atoms with Crippen molar-refractivity contribution in [2.45, 2.75) is 13.8 Å². The van der Waals surface area contributed by atoms with Gasteiger partial charge >= 0.3 is 11.9 Å². The summed E-state index contributed by atoms with van der Waals surface area (Å²) in [5.74, 6) is -2.47. The summed E-state index contributed by atoms with van der Waals surface area (Å²) in [6, 6.07) is 3.84. The number of aromatic carboxylic acids is 2. The lowest BCUT2D eigenvalue weighted by atomic mass is 10.1. The Morgan fingerprint density at radius 3 is 1.67 bits per heavy atom. The molecule has 5 nitrogen and oxygen atoms in total. The molecule has 4 N–H and O–H groups in total. The molecule has 0 aliphatic heterocycles. The van der Waals surface area contributed by atoms with Crippen LogP contribution in [0.2, 0.25) is 0 Å². The Labute approximate surface area is 87.1 Å². The Morgan fingerprint density at radius 2 is 1.40 bits per heavy atom. The van der Waals surface area contributed by atoms with Crippen molar-refractivity contribution in [1.82, 2.24) is 0 Å². The molecule has 0 aliphatic carbocycles. The fourth-order valence-electron chi connectivity index (χ4n) is 0.938. The fourth-order valence-corrected chi connectivity index (χ4v) is 0.938. The molecule has 0 bridgehead atoms. The molecule has 0 heterocycles. The summed E-state index contributed by atoms with van der Waals surface area (Å²) < 4.78 is 0. The zero-order valence-electron chi connectivity index (χ0n) is 8.52. The van der Waals surface area contributed by atoms with Crippen LogP contribution in [0.1, 0.15) is 34.6 Å². The Hall–Kier alpha value is -2.04. The standard InChI is InChI=1S/C8H7NO4.C2H6/c9-6-4(7(10)11)2-1-3-5(6)8(12)13;1-2/h1-3H,9H2,(H,10,11)(H,12,13);1-2H3. The number of para-hydroxylation sites is 1. The maximum Gasteiger partial charge on any atom is 0.337 e. The minimum Gasteiger partial charge on any atom is -0.478 e. The van der Waals surface area contributed by atoms with Crippen LogP contribution in [0.5, 0.6) is 0 Å². The highest BCUT2D eigenvalue weighted by atomic mass is 16.4. The van der Waals surface area contributed by atoms with Crippen LogP contribution in [0.25, 0.3) is 0 Å². The molecule has 0 amide bonds. The van der Waals surface area contributed by atoms with E-state index in [1.807, 2.05) is 13.8 Å². The van der Waals surface area contributed by atoms with Gasteiger partial charge in [-0.1, -0.05) is 19.9 Å². The van der Waals surface area contributed by atoms with Crippen molar-refractivity contribution in [2.75, 3.05) is 5.73 Å². The number of carbonyl (C=O) groups is 2. The highest BCUT2D eigenvalue weighted by Gasteiger charge is 2.14. The van der Waals surface area contributed by atoms with Crippen LogP contribution in [0.4, 0.5) is 5.69 Å². The third-order valence-electron chi connectivity index (χ3n) is 1.57. The van der Waals surface area contributed by atoms with Crippen molar-refractivity contribution in [3.63, 3.8) is 0 Å². The van der Waals surface area contributed by atoms with E-state index in [-0.39, 0.29) is 16.8 Å². The molecule has 15 heavy (non-hydrogen) atoms. The number of hydrogen-bond acceptors (Lipinski definition) is 3. The number of hydrogen-bond donors (Lipinski definition) is 3. The van der Waals surface area contributed by atoms with Crippen LogP contribution in [0, 0.1) is 0 Å². The van der Waals surface area contributed by atoms with Crippen molar-refractivity contribution < 1.29 is 19.8 Å². The quantitative estimate of drug-likeness (QED) is 0.646. The van der Waals surface area contributed by atoms with Gasteiger partial charge in [0.25, 0.3) is 0 Å². The second kappa shape index (κ2) is 5.64. The summed E-state index contributed by atoms with van der Waals surface area (Å²) >= 11 is 0. The van der Waals surface area contributed by atoms with Gasteiger partial charge in [0.1, 0.15) is 0 Å². The predicted octanol–water partition coefficient (Wildman–Crippen LogP) is 1.69. The number of rotatable bonds is 2. The molecule has 0 unspecified atom stereocenters. The van der Waals surface area contributed by atoms with Gasteiger partial charge in [-0.3, -0.25) is 0 Å². The minimum absolute atomic E-state index is 0.195. The van der Waals surface area contributed by atoms with E-state index < -0.39 is 11.9 Å². The molecule has 0 fully saturated rings. The molecule has 0 aromatic heterocycles. The van der Waals surface area contributed by atoms with Gasteiger partial charge in [-0.15, -0.1) is 0 Å². The van der Waals surface area contributed by atoms with Gasteiger partial charge in [0, 0.05) is 0 Å². The van der Waals surface area contributed by atoms with Crippen LogP contribution in [-0.2, 0) is 0 Å². The highest BCUT2D eigenvalue weighted by Crippen LogP contribution is 2.17. The van der Waals surface area contributed by atoms with Crippen molar-refractivity contribution in [1.29, 1.82) is 0 Å². The first kappa shape index (κ1) is 13.0. The van der Waals surface area contributed by atoms with Crippen LogP contribution < -0.4 is 5.73 Å². The van der Waals surface area contributed by atoms with Gasteiger partial charge < -0.3 is 15.9 Å². The van der Waals surface area contributed by atoms with Crippen molar-refractivity contribution in [3.05, 3.63) is 29.3 Å². The first-order valence-corrected chi connectivity index (χ1v) is 4.39. The van der Waals surface area contributed by atoms with E-state index in [0.717, 1.165) is 0 Å². The summed E-state index contributed by atoms with van der Waals surface area (Å²) in [6.45, 7) is 4.00. The molecular weight excluding hydrogens is 198 g/mol. The summed E-state index contributed by atoms with van der Waals surface area (Å²) in [5, 5.41) is 17.2. The Balaban J connectivity index is 0.000000921. The van der Waals surface area contributed by atoms with Crippen LogP contribution in [-0.4, -0.2) is 22.2 Å². The molecule has 0 atom stereocenters. The fraction of sp³-hybridized carbons (Fsp3) is 0.200. The van der Waals surface area contributed by atoms with Gasteiger partial charge in [0.05, 0.1) is 16.8 Å². The lowest BCUT2D eigenvalue weighted by Crippen LogP contribution is -2.08. The smallest absolute Gasteiger partial charge is 0.337 e. The predicted molar refractivity (Wildman–Crippen MR) is 56.1 cm³/mol. The zero-order valence-corrected chi connectivity index (χ0v) is 8.52. The topological polar surface area (TPSA) is 101 Å². The summed E-state index contributed by atoms with van der Waals surface area (Å²) in [6.07, 6.45) is 0. The first-order valence-electron chi connectivity index (χ1n) is 4.39. The van der Waals surface area contributed by atoms with Crippen molar-refractivity contribution >= 4 is 17.6 Å². The molecule has 0 radical (unpaired) electrons. The van der Waals surface area contributed by atoms with Gasteiger partial charge in [-0.2, -0.15) is 0 Å². The van der Waals surface area contributed by atoms with Gasteiger partial charge in [-0.05, 0) is 12.1 Å². The third kappa shape index (κ3) is 2.98. The molecular formula is C10H13NO4. The van der Waals surface area contributed by atoms with Crippen molar-refractivity contribution in [2.24, 2.45) is 0 Å². The largest absolute Gasteiger partial charge is 0.478 e. The monoisotopic (exact) mass is 211 g/mol. The van der Waals surface area contributed by atoms with Gasteiger partial charge in [0.2, 0.25) is 0 Å². The number of carboxylic acids is 2. The van der Waals surface area contributed by atoms with Crippen molar-refractivity contribution in [3.8, 4) is 0 Å². The van der Waals surface area contributed by atoms with E-state index in [2.05, 4.69) is 0 Å². The minimum atomic E-state index is -1.24. The number of nitrogens with two attached hydrogens (primary N) is 1. The number of anilines is 1. The van der Waals surface area contributed by atoms with E-state index in [9.17, 15) is 9.59 Å². The maximum absolute atomic E-state index is 10.5. The second-order valence-electron chi connectivity index (χ2n) is 2.38. The normalized spacial score (nSPS) is 8.67. The molecule has 1 aromatic carbocycles. The average molecular weight is 211 g/mol. The molecule has 1 aromatic rings. The SMILES string of the molecule is CC.Nc1c(C(=O)O)cccc1C(=O)O. The van der Waals surface area contributed by atoms with Crippen LogP contribution in [0.15, 0.2) is 18.2 Å². The van der Waals surface area contributed by atoms with Gasteiger partial charge in [-0.25, -0.2) is 9.59 Å². The highest BCUT2D eigenvalue weighted by molar-refractivity contribution is 6.02. The maximum atomic E-state index is 10.5. The molecule has 0 aliphatic rings. The lowest BCUT2D eigenvalue weighted by molar-refractivity contribution is 0.0696. The Kier molecular flexibility index (Phi) is 4.87. The van der Waals surface area contributed by atoms with E-state index in [0.29, 0.717) is 0 Å². The van der Waals surface area contributed by atoms with E-state index >= 15 is 0 Å². The van der Waals surface area contributed by atoms with Gasteiger partial charge in [0.15, 0.2) is 0 Å². The van der Waals surface area contributed by atoms with Crippen LogP contribution in [0.3, 0.4) is 0 Å². The first-order chi connectivity index (χ1) is 7.04. The van der Waals surface area contributed by atoms with E-state index in [1.165, 1.54) is 18.2 Å². The molecule has 0 spiro atoms. The number of benzene rings is 1. The third-order valence-corrected chi connectivity index (χ3v) is 1.57. The molecule has 5 heteroatoms. The van der Waals surface area contributed by atoms with E-state index in [4.69, 9.17) is 15.9 Å².